The molecule has 7 nitrogen and oxygen atoms in total. The summed E-state index contributed by atoms with van der Waals surface area (Å²) < 4.78 is 9.08. The Morgan fingerprint density at radius 3 is 2.71 bits per heavy atom. The summed E-state index contributed by atoms with van der Waals surface area (Å²) in [6, 6.07) is 5.29. The smallest absolute Gasteiger partial charge is 0.345 e. The van der Waals surface area contributed by atoms with Gasteiger partial charge < -0.3 is 9.64 Å². The molecule has 1 aromatic heterocycles. The van der Waals surface area contributed by atoms with Crippen LogP contribution in [0, 0.1) is 0 Å². The van der Waals surface area contributed by atoms with Crippen LogP contribution in [-0.2, 0) is 17.8 Å². The molecule has 2 heterocycles. The van der Waals surface area contributed by atoms with Crippen LogP contribution >= 0.6 is 27.5 Å². The molecule has 0 N–H and O–H groups in total. The third-order valence-corrected chi connectivity index (χ3v) is 5.90. The molecule has 1 saturated heterocycles. The third-order valence-electron chi connectivity index (χ3n) is 5.08. The second kappa shape index (κ2) is 9.24. The van der Waals surface area contributed by atoms with Crippen LogP contribution in [0.15, 0.2) is 27.5 Å². The number of piperidine rings is 1. The second-order valence-electron chi connectivity index (χ2n) is 6.79. The molecule has 1 amide bonds. The zero-order valence-electron chi connectivity index (χ0n) is 16.0. The van der Waals surface area contributed by atoms with Gasteiger partial charge in [0.25, 0.3) is 5.91 Å². The maximum Gasteiger partial charge on any atom is 0.345 e. The van der Waals surface area contributed by atoms with Gasteiger partial charge in [-0.05, 0) is 38.0 Å². The van der Waals surface area contributed by atoms with Gasteiger partial charge in [-0.2, -0.15) is 5.10 Å². The Morgan fingerprint density at radius 1 is 1.36 bits per heavy atom. The summed E-state index contributed by atoms with van der Waals surface area (Å²) in [4.78, 5) is 27.2. The molecule has 28 heavy (non-hydrogen) atoms. The van der Waals surface area contributed by atoms with Gasteiger partial charge in [-0.15, -0.1) is 0 Å². The topological polar surface area (TPSA) is 69.4 Å². The number of carbonyl (C=O) groups excluding carboxylic acids is 1. The first-order valence-corrected chi connectivity index (χ1v) is 10.5. The predicted octanol–water partition coefficient (Wildman–Crippen LogP) is 3.15. The van der Waals surface area contributed by atoms with Crippen molar-refractivity contribution in [1.82, 2.24) is 19.2 Å². The van der Waals surface area contributed by atoms with Gasteiger partial charge in [0.2, 0.25) is 0 Å². The van der Waals surface area contributed by atoms with Crippen molar-refractivity contribution < 1.29 is 9.53 Å². The molecule has 152 valence electrons. The van der Waals surface area contributed by atoms with Crippen molar-refractivity contribution in [3.05, 3.63) is 49.6 Å². The van der Waals surface area contributed by atoms with Gasteiger partial charge >= 0.3 is 5.69 Å². The Kier molecular flexibility index (Phi) is 6.95. The number of methoxy groups -OCH3 is 1. The number of carbonyl (C=O) groups is 1. The molecule has 0 radical (unpaired) electrons. The van der Waals surface area contributed by atoms with Crippen LogP contribution in [0.1, 0.15) is 41.9 Å². The van der Waals surface area contributed by atoms with E-state index in [4.69, 9.17) is 16.3 Å². The number of benzene rings is 1. The van der Waals surface area contributed by atoms with E-state index in [1.165, 1.54) is 4.68 Å². The fraction of sp³-hybridized carbons (Fsp3) is 0.526. The quantitative estimate of drug-likeness (QED) is 0.649. The summed E-state index contributed by atoms with van der Waals surface area (Å²) in [7, 11) is 1.60. The SMILES string of the molecule is CCn1c(C2CCN(C(=O)c3cc(Br)ccc3Cl)CC2)nn(CCOC)c1=O. The molecule has 1 fully saturated rings. The van der Waals surface area contributed by atoms with Crippen LogP contribution < -0.4 is 5.69 Å². The highest BCUT2D eigenvalue weighted by atomic mass is 79.9. The Morgan fingerprint density at radius 2 is 2.07 bits per heavy atom. The van der Waals surface area contributed by atoms with Crippen molar-refractivity contribution in [2.24, 2.45) is 0 Å². The lowest BCUT2D eigenvalue weighted by Gasteiger charge is -2.31. The van der Waals surface area contributed by atoms with E-state index < -0.39 is 0 Å². The van der Waals surface area contributed by atoms with E-state index >= 15 is 0 Å². The molecule has 0 saturated carbocycles. The lowest BCUT2D eigenvalue weighted by atomic mass is 9.95. The van der Waals surface area contributed by atoms with E-state index in [-0.39, 0.29) is 17.5 Å². The van der Waals surface area contributed by atoms with Crippen molar-refractivity contribution >= 4 is 33.4 Å². The van der Waals surface area contributed by atoms with Gasteiger partial charge in [-0.3, -0.25) is 9.36 Å². The van der Waals surface area contributed by atoms with Gasteiger partial charge in [0, 0.05) is 37.1 Å². The number of aromatic nitrogens is 3. The molecule has 0 spiro atoms. The molecule has 1 aromatic carbocycles. The lowest BCUT2D eigenvalue weighted by molar-refractivity contribution is 0.0710. The van der Waals surface area contributed by atoms with Crippen molar-refractivity contribution in [2.45, 2.75) is 38.8 Å². The molecule has 0 unspecified atom stereocenters. The van der Waals surface area contributed by atoms with E-state index in [9.17, 15) is 9.59 Å². The van der Waals surface area contributed by atoms with Crippen molar-refractivity contribution in [3.63, 3.8) is 0 Å². The molecule has 0 atom stereocenters. The van der Waals surface area contributed by atoms with Gasteiger partial charge in [-0.1, -0.05) is 27.5 Å². The molecule has 9 heteroatoms. The molecule has 0 aliphatic carbocycles. The normalized spacial score (nSPS) is 15.2. The molecule has 0 bridgehead atoms. The minimum absolute atomic E-state index is 0.0664. The van der Waals surface area contributed by atoms with E-state index in [0.29, 0.717) is 43.4 Å². The summed E-state index contributed by atoms with van der Waals surface area (Å²) in [5.41, 5.74) is 0.401. The lowest BCUT2D eigenvalue weighted by Crippen LogP contribution is -2.38. The molecule has 1 aliphatic rings. The Bertz CT molecular complexity index is 903. The van der Waals surface area contributed by atoms with Gasteiger partial charge in [0.1, 0.15) is 5.82 Å². The number of hydrogen-bond donors (Lipinski definition) is 0. The summed E-state index contributed by atoms with van der Waals surface area (Å²) >= 11 is 9.60. The predicted molar refractivity (Wildman–Crippen MR) is 111 cm³/mol. The fourth-order valence-electron chi connectivity index (χ4n) is 3.55. The first-order valence-electron chi connectivity index (χ1n) is 9.37. The highest BCUT2D eigenvalue weighted by Gasteiger charge is 2.29. The van der Waals surface area contributed by atoms with Crippen LogP contribution in [0.25, 0.3) is 0 Å². The van der Waals surface area contributed by atoms with Crippen molar-refractivity contribution in [3.8, 4) is 0 Å². The zero-order valence-corrected chi connectivity index (χ0v) is 18.4. The highest BCUT2D eigenvalue weighted by molar-refractivity contribution is 9.10. The molecule has 2 aromatic rings. The highest BCUT2D eigenvalue weighted by Crippen LogP contribution is 2.29. The second-order valence-corrected chi connectivity index (χ2v) is 8.11. The van der Waals surface area contributed by atoms with Crippen LogP contribution in [-0.4, -0.2) is 52.0 Å². The number of ether oxygens (including phenoxy) is 1. The minimum Gasteiger partial charge on any atom is -0.383 e. The number of likely N-dealkylation sites (tertiary alicyclic amines) is 1. The summed E-state index contributed by atoms with van der Waals surface area (Å²) in [5, 5.41) is 5.00. The monoisotopic (exact) mass is 470 g/mol. The van der Waals surface area contributed by atoms with Gasteiger partial charge in [0.05, 0.1) is 23.7 Å². The molecular formula is C19H24BrClN4O3. The number of amides is 1. The standard InChI is InChI=1S/C19H24BrClN4O3/c1-3-24-17(22-25(19(24)27)10-11-28-2)13-6-8-23(9-7-13)18(26)15-12-14(20)4-5-16(15)21/h4-5,12-13H,3,6-11H2,1-2H3. The van der Waals surface area contributed by atoms with E-state index in [2.05, 4.69) is 21.0 Å². The third kappa shape index (κ3) is 4.34. The summed E-state index contributed by atoms with van der Waals surface area (Å²) in [6.07, 6.45) is 1.52. The number of hydrogen-bond acceptors (Lipinski definition) is 4. The van der Waals surface area contributed by atoms with Crippen LogP contribution in [0.4, 0.5) is 0 Å². The Labute approximate surface area is 177 Å². The maximum absolute atomic E-state index is 12.8. The summed E-state index contributed by atoms with van der Waals surface area (Å²) in [6.45, 7) is 4.62. The van der Waals surface area contributed by atoms with E-state index in [1.54, 1.807) is 23.8 Å². The Balaban J connectivity index is 1.72. The van der Waals surface area contributed by atoms with Crippen molar-refractivity contribution in [2.75, 3.05) is 26.8 Å². The summed E-state index contributed by atoms with van der Waals surface area (Å²) in [5.74, 6) is 0.887. The van der Waals surface area contributed by atoms with Gasteiger partial charge in [-0.25, -0.2) is 9.48 Å². The average molecular weight is 472 g/mol. The van der Waals surface area contributed by atoms with Crippen LogP contribution in [0.5, 0.6) is 0 Å². The first kappa shape index (κ1) is 21.1. The van der Waals surface area contributed by atoms with Crippen molar-refractivity contribution in [1.29, 1.82) is 0 Å². The Hall–Kier alpha value is -1.64. The number of rotatable bonds is 6. The van der Waals surface area contributed by atoms with Crippen LogP contribution in [0.2, 0.25) is 5.02 Å². The molecule has 3 rings (SSSR count). The largest absolute Gasteiger partial charge is 0.383 e. The number of halogens is 2. The molecular weight excluding hydrogens is 448 g/mol. The van der Waals surface area contributed by atoms with E-state index in [1.807, 2.05) is 17.9 Å². The van der Waals surface area contributed by atoms with E-state index in [0.717, 1.165) is 23.1 Å². The maximum atomic E-state index is 12.8. The molecule has 1 aliphatic heterocycles. The fourth-order valence-corrected chi connectivity index (χ4v) is 4.11. The average Bonchev–Trinajstić information content (AvgIpc) is 3.03. The first-order chi connectivity index (χ1) is 13.5. The number of nitrogens with zero attached hydrogens (tertiary/aromatic N) is 4. The van der Waals surface area contributed by atoms with Crippen LogP contribution in [0.3, 0.4) is 0 Å². The minimum atomic E-state index is -0.103. The van der Waals surface area contributed by atoms with Gasteiger partial charge in [0.15, 0.2) is 0 Å². The zero-order chi connectivity index (χ0) is 20.3.